The van der Waals surface area contributed by atoms with Crippen molar-refractivity contribution in [2.75, 3.05) is 30.4 Å². The van der Waals surface area contributed by atoms with Crippen molar-refractivity contribution in [2.45, 2.75) is 25.8 Å². The largest absolute Gasteiger partial charge is 0.493 e. The van der Waals surface area contributed by atoms with Crippen LogP contribution in [0.25, 0.3) is 0 Å². The highest BCUT2D eigenvalue weighted by Gasteiger charge is 2.22. The second kappa shape index (κ2) is 7.48. The summed E-state index contributed by atoms with van der Waals surface area (Å²) in [5, 5.41) is 8.82. The monoisotopic (exact) mass is 347 g/mol. The van der Waals surface area contributed by atoms with Gasteiger partial charge in [0.2, 0.25) is 0 Å². The molecule has 2 aromatic heterocycles. The minimum absolute atomic E-state index is 0.150. The molecule has 1 aliphatic heterocycles. The van der Waals surface area contributed by atoms with Gasteiger partial charge in [0.05, 0.1) is 7.11 Å². The molecular formula is C16H21N5O2S. The van der Waals surface area contributed by atoms with E-state index in [0.717, 1.165) is 36.8 Å². The molecule has 2 amide bonds. The highest BCUT2D eigenvalue weighted by Crippen LogP contribution is 2.23. The second-order valence-electron chi connectivity index (χ2n) is 5.68. The second-order valence-corrected chi connectivity index (χ2v) is 6.55. The summed E-state index contributed by atoms with van der Waals surface area (Å²) in [6, 6.07) is 3.54. The first-order valence-corrected chi connectivity index (χ1v) is 8.77. The van der Waals surface area contributed by atoms with Crippen LogP contribution in [0.5, 0.6) is 5.75 Å². The molecule has 0 atom stereocenters. The van der Waals surface area contributed by atoms with Gasteiger partial charge in [-0.05, 0) is 31.9 Å². The van der Waals surface area contributed by atoms with E-state index in [9.17, 15) is 4.79 Å². The smallest absolute Gasteiger partial charge is 0.320 e. The molecule has 0 spiro atoms. The minimum atomic E-state index is -0.251. The fraction of sp³-hybridized carbons (Fsp3) is 0.438. The normalized spacial score (nSPS) is 15.2. The third kappa shape index (κ3) is 3.94. The molecule has 1 aliphatic rings. The molecule has 0 bridgehead atoms. The van der Waals surface area contributed by atoms with Crippen LogP contribution in [0.3, 0.4) is 0 Å². The summed E-state index contributed by atoms with van der Waals surface area (Å²) in [4.78, 5) is 23.1. The first kappa shape index (κ1) is 16.5. The van der Waals surface area contributed by atoms with Gasteiger partial charge in [0.25, 0.3) is 0 Å². The number of aryl methyl sites for hydroxylation is 1. The number of pyridine rings is 1. The van der Waals surface area contributed by atoms with Crippen molar-refractivity contribution >= 4 is 28.3 Å². The summed E-state index contributed by atoms with van der Waals surface area (Å²) in [7, 11) is 1.56. The summed E-state index contributed by atoms with van der Waals surface area (Å²) in [5.41, 5.74) is 0.822. The van der Waals surface area contributed by atoms with E-state index in [1.54, 1.807) is 24.5 Å². The van der Waals surface area contributed by atoms with E-state index >= 15 is 0 Å². The SMILES string of the molecule is COc1ccc(C)nc1NC(=O)NC1CCN(c2nccs2)CC1. The number of nitrogens with one attached hydrogen (secondary N) is 2. The van der Waals surface area contributed by atoms with Gasteiger partial charge in [-0.3, -0.25) is 5.32 Å². The summed E-state index contributed by atoms with van der Waals surface area (Å²) in [6.45, 7) is 3.66. The van der Waals surface area contributed by atoms with Crippen LogP contribution in [-0.2, 0) is 0 Å². The molecule has 0 aliphatic carbocycles. The van der Waals surface area contributed by atoms with Gasteiger partial charge in [-0.1, -0.05) is 0 Å². The Balaban J connectivity index is 1.52. The molecule has 1 fully saturated rings. The van der Waals surface area contributed by atoms with E-state index in [4.69, 9.17) is 4.74 Å². The van der Waals surface area contributed by atoms with E-state index < -0.39 is 0 Å². The highest BCUT2D eigenvalue weighted by atomic mass is 32.1. The summed E-state index contributed by atoms with van der Waals surface area (Å²) >= 11 is 1.64. The number of thiazole rings is 1. The molecule has 0 unspecified atom stereocenters. The quantitative estimate of drug-likeness (QED) is 0.889. The van der Waals surface area contributed by atoms with E-state index in [1.807, 2.05) is 24.6 Å². The number of carbonyl (C=O) groups is 1. The van der Waals surface area contributed by atoms with Crippen LogP contribution in [-0.4, -0.2) is 42.2 Å². The topological polar surface area (TPSA) is 79.4 Å². The maximum atomic E-state index is 12.2. The number of methoxy groups -OCH3 is 1. The predicted molar refractivity (Wildman–Crippen MR) is 95.0 cm³/mol. The van der Waals surface area contributed by atoms with Gasteiger partial charge in [0.1, 0.15) is 0 Å². The van der Waals surface area contributed by atoms with Gasteiger partial charge in [-0.25, -0.2) is 14.8 Å². The Morgan fingerprint density at radius 3 is 2.83 bits per heavy atom. The molecule has 0 aromatic carbocycles. The zero-order valence-electron chi connectivity index (χ0n) is 13.8. The fourth-order valence-corrected chi connectivity index (χ4v) is 3.41. The lowest BCUT2D eigenvalue weighted by molar-refractivity contribution is 0.245. The van der Waals surface area contributed by atoms with Crippen molar-refractivity contribution in [2.24, 2.45) is 0 Å². The number of nitrogens with zero attached hydrogens (tertiary/aromatic N) is 3. The van der Waals surface area contributed by atoms with Gasteiger partial charge in [-0.2, -0.15) is 0 Å². The van der Waals surface area contributed by atoms with Crippen molar-refractivity contribution in [3.8, 4) is 5.75 Å². The molecule has 7 nitrogen and oxygen atoms in total. The van der Waals surface area contributed by atoms with Crippen molar-refractivity contribution in [3.05, 3.63) is 29.4 Å². The van der Waals surface area contributed by atoms with E-state index in [0.29, 0.717) is 11.6 Å². The average Bonchev–Trinajstić information content (AvgIpc) is 3.10. The van der Waals surface area contributed by atoms with Crippen LogP contribution in [0.4, 0.5) is 15.7 Å². The molecule has 24 heavy (non-hydrogen) atoms. The molecule has 8 heteroatoms. The summed E-state index contributed by atoms with van der Waals surface area (Å²) < 4.78 is 5.23. The van der Waals surface area contributed by atoms with Crippen molar-refractivity contribution in [1.29, 1.82) is 0 Å². The number of anilines is 2. The van der Waals surface area contributed by atoms with Crippen molar-refractivity contribution in [1.82, 2.24) is 15.3 Å². The van der Waals surface area contributed by atoms with E-state index in [-0.39, 0.29) is 12.1 Å². The Hall–Kier alpha value is -2.35. The maximum absolute atomic E-state index is 12.2. The molecule has 3 rings (SSSR count). The fourth-order valence-electron chi connectivity index (χ4n) is 2.71. The number of carbonyl (C=O) groups excluding carboxylic acids is 1. The zero-order chi connectivity index (χ0) is 16.9. The van der Waals surface area contributed by atoms with Crippen LogP contribution < -0.4 is 20.3 Å². The minimum Gasteiger partial charge on any atom is -0.493 e. The molecule has 0 radical (unpaired) electrons. The Bertz CT molecular complexity index is 684. The Labute approximate surface area is 145 Å². The molecule has 2 aromatic rings. The Morgan fingerprint density at radius 1 is 1.38 bits per heavy atom. The molecule has 1 saturated heterocycles. The first-order valence-electron chi connectivity index (χ1n) is 7.89. The van der Waals surface area contributed by atoms with Crippen LogP contribution in [0.1, 0.15) is 18.5 Å². The van der Waals surface area contributed by atoms with Gasteiger partial charge in [-0.15, -0.1) is 11.3 Å². The molecule has 128 valence electrons. The lowest BCUT2D eigenvalue weighted by Gasteiger charge is -2.32. The maximum Gasteiger partial charge on any atom is 0.320 e. The van der Waals surface area contributed by atoms with Crippen LogP contribution in [0.2, 0.25) is 0 Å². The third-order valence-electron chi connectivity index (χ3n) is 3.97. The summed E-state index contributed by atoms with van der Waals surface area (Å²) in [6.07, 6.45) is 3.61. The van der Waals surface area contributed by atoms with Gasteiger partial charge in [0.15, 0.2) is 16.7 Å². The number of hydrogen-bond donors (Lipinski definition) is 2. The summed E-state index contributed by atoms with van der Waals surface area (Å²) in [5.74, 6) is 0.990. The van der Waals surface area contributed by atoms with Crippen molar-refractivity contribution in [3.63, 3.8) is 0 Å². The number of piperidine rings is 1. The van der Waals surface area contributed by atoms with Crippen LogP contribution >= 0.6 is 11.3 Å². The number of ether oxygens (including phenoxy) is 1. The molecule has 0 saturated carbocycles. The number of aromatic nitrogens is 2. The van der Waals surface area contributed by atoms with Crippen LogP contribution in [0, 0.1) is 6.92 Å². The standard InChI is InChI=1S/C16H21N5O2S/c1-11-3-4-13(23-2)14(18-11)20-15(22)19-12-5-8-21(9-6-12)16-17-7-10-24-16/h3-4,7,10,12H,5-6,8-9H2,1-2H3,(H2,18,19,20,22). The zero-order valence-corrected chi connectivity index (χ0v) is 14.6. The number of rotatable bonds is 4. The number of hydrogen-bond acceptors (Lipinski definition) is 6. The third-order valence-corrected chi connectivity index (χ3v) is 4.80. The van der Waals surface area contributed by atoms with Gasteiger partial charge < -0.3 is 15.0 Å². The number of amides is 2. The van der Waals surface area contributed by atoms with E-state index in [2.05, 4.69) is 25.5 Å². The molecular weight excluding hydrogens is 326 g/mol. The average molecular weight is 347 g/mol. The molecule has 2 N–H and O–H groups in total. The number of urea groups is 1. The molecule has 3 heterocycles. The Kier molecular flexibility index (Phi) is 5.14. The van der Waals surface area contributed by atoms with Gasteiger partial charge >= 0.3 is 6.03 Å². The predicted octanol–water partition coefficient (Wildman–Crippen LogP) is 2.65. The Morgan fingerprint density at radius 2 is 2.17 bits per heavy atom. The van der Waals surface area contributed by atoms with E-state index in [1.165, 1.54) is 0 Å². The first-order chi connectivity index (χ1) is 11.7. The lowest BCUT2D eigenvalue weighted by atomic mass is 10.1. The highest BCUT2D eigenvalue weighted by molar-refractivity contribution is 7.13. The van der Waals surface area contributed by atoms with Crippen molar-refractivity contribution < 1.29 is 9.53 Å². The van der Waals surface area contributed by atoms with Crippen LogP contribution in [0.15, 0.2) is 23.7 Å². The lowest BCUT2D eigenvalue weighted by Crippen LogP contribution is -2.46. The van der Waals surface area contributed by atoms with Gasteiger partial charge in [0, 0.05) is 36.4 Å².